The van der Waals surface area contributed by atoms with Crippen LogP contribution in [0.5, 0.6) is 0 Å². The molecule has 3 rings (SSSR count). The van der Waals surface area contributed by atoms with Crippen LogP contribution < -0.4 is 5.32 Å². The molecular formula is C18H15ClN2O2. The van der Waals surface area contributed by atoms with E-state index in [9.17, 15) is 4.79 Å². The normalized spacial score (nSPS) is 11.7. The lowest BCUT2D eigenvalue weighted by Crippen LogP contribution is -1.97. The fourth-order valence-corrected chi connectivity index (χ4v) is 2.53. The average Bonchev–Trinajstić information content (AvgIpc) is 2.93. The van der Waals surface area contributed by atoms with E-state index in [1.165, 1.54) is 0 Å². The minimum atomic E-state index is 0.260. The maximum atomic E-state index is 11.4. The summed E-state index contributed by atoms with van der Waals surface area (Å²) in [5.74, 6) is 0.260. The van der Waals surface area contributed by atoms with Crippen LogP contribution in [0, 0.1) is 13.8 Å². The highest BCUT2D eigenvalue weighted by Gasteiger charge is 2.11. The zero-order chi connectivity index (χ0) is 16.4. The Morgan fingerprint density at radius 1 is 1.22 bits per heavy atom. The number of aldehydes is 1. The molecule has 4 nitrogen and oxygen atoms in total. The van der Waals surface area contributed by atoms with Crippen molar-refractivity contribution in [1.29, 1.82) is 0 Å². The van der Waals surface area contributed by atoms with Crippen molar-refractivity contribution >= 4 is 40.2 Å². The van der Waals surface area contributed by atoms with Gasteiger partial charge in [0.1, 0.15) is 5.52 Å². The monoisotopic (exact) mass is 326 g/mol. The van der Waals surface area contributed by atoms with E-state index in [1.807, 2.05) is 32.0 Å². The van der Waals surface area contributed by atoms with Crippen molar-refractivity contribution in [2.75, 3.05) is 5.32 Å². The minimum Gasteiger partial charge on any atom is -0.436 e. The summed E-state index contributed by atoms with van der Waals surface area (Å²) in [6, 6.07) is 11.2. The maximum Gasteiger partial charge on any atom is 0.232 e. The number of hydrogen-bond acceptors (Lipinski definition) is 4. The molecule has 0 spiro atoms. The molecule has 1 heterocycles. The number of nitrogens with zero attached hydrogens (tertiary/aromatic N) is 1. The van der Waals surface area contributed by atoms with E-state index in [4.69, 9.17) is 16.0 Å². The standard InChI is InChI=1S/C18H15ClN2O2/c1-11-4-3-5-12(2)17(11)20-9-13(10-22)18-21-15-8-14(19)6-7-16(15)23-18/h3-10,20H,1-2H3/b13-9-. The predicted molar refractivity (Wildman–Crippen MR) is 92.6 cm³/mol. The smallest absolute Gasteiger partial charge is 0.232 e. The number of benzene rings is 2. The molecule has 0 bridgehead atoms. The molecule has 116 valence electrons. The molecule has 1 N–H and O–H groups in total. The second kappa shape index (κ2) is 6.26. The van der Waals surface area contributed by atoms with Gasteiger partial charge in [0.2, 0.25) is 5.89 Å². The van der Waals surface area contributed by atoms with Crippen molar-refractivity contribution in [1.82, 2.24) is 4.98 Å². The van der Waals surface area contributed by atoms with E-state index < -0.39 is 0 Å². The van der Waals surface area contributed by atoms with Crippen molar-refractivity contribution in [3.05, 3.63) is 64.6 Å². The zero-order valence-corrected chi connectivity index (χ0v) is 13.5. The Balaban J connectivity index is 1.96. The second-order valence-corrected chi connectivity index (χ2v) is 5.70. The Bertz CT molecular complexity index is 892. The number of carbonyl (C=O) groups is 1. The van der Waals surface area contributed by atoms with Gasteiger partial charge in [-0.05, 0) is 43.2 Å². The molecule has 3 aromatic rings. The first kappa shape index (κ1) is 15.3. The lowest BCUT2D eigenvalue weighted by Gasteiger charge is -2.09. The van der Waals surface area contributed by atoms with Crippen molar-refractivity contribution in [3.8, 4) is 0 Å². The summed E-state index contributed by atoms with van der Waals surface area (Å²) in [7, 11) is 0. The molecule has 0 saturated carbocycles. The molecule has 23 heavy (non-hydrogen) atoms. The number of oxazole rings is 1. The highest BCUT2D eigenvalue weighted by atomic mass is 35.5. The van der Waals surface area contributed by atoms with Gasteiger partial charge in [-0.1, -0.05) is 29.8 Å². The van der Waals surface area contributed by atoms with Crippen LogP contribution in [-0.2, 0) is 4.79 Å². The van der Waals surface area contributed by atoms with Crippen LogP contribution in [0.2, 0.25) is 5.02 Å². The van der Waals surface area contributed by atoms with Crippen LogP contribution in [0.3, 0.4) is 0 Å². The van der Waals surface area contributed by atoms with Crippen molar-refractivity contribution in [2.24, 2.45) is 0 Å². The lowest BCUT2D eigenvalue weighted by molar-refractivity contribution is -0.103. The highest BCUT2D eigenvalue weighted by Crippen LogP contribution is 2.24. The number of rotatable bonds is 4. The molecular weight excluding hydrogens is 312 g/mol. The van der Waals surface area contributed by atoms with Gasteiger partial charge >= 0.3 is 0 Å². The third kappa shape index (κ3) is 3.12. The highest BCUT2D eigenvalue weighted by molar-refractivity contribution is 6.31. The first-order valence-electron chi connectivity index (χ1n) is 7.13. The number of nitrogens with one attached hydrogen (secondary N) is 1. The molecule has 0 aliphatic heterocycles. The van der Waals surface area contributed by atoms with Gasteiger partial charge in [0.05, 0.1) is 5.57 Å². The summed E-state index contributed by atoms with van der Waals surface area (Å²) < 4.78 is 5.62. The third-order valence-electron chi connectivity index (χ3n) is 3.58. The number of para-hydroxylation sites is 1. The average molecular weight is 327 g/mol. The summed E-state index contributed by atoms with van der Waals surface area (Å²) in [6.07, 6.45) is 2.32. The molecule has 0 amide bonds. The quantitative estimate of drug-likeness (QED) is 0.555. The summed E-state index contributed by atoms with van der Waals surface area (Å²) in [4.78, 5) is 15.7. The number of aryl methyl sites for hydroxylation is 2. The summed E-state index contributed by atoms with van der Waals surface area (Å²) in [5.41, 5.74) is 4.69. The van der Waals surface area contributed by atoms with Gasteiger partial charge in [-0.2, -0.15) is 0 Å². The molecule has 0 atom stereocenters. The Morgan fingerprint density at radius 2 is 1.96 bits per heavy atom. The number of fused-ring (bicyclic) bond motifs is 1. The van der Waals surface area contributed by atoms with Gasteiger partial charge in [0.25, 0.3) is 0 Å². The molecule has 0 fully saturated rings. The summed E-state index contributed by atoms with van der Waals surface area (Å²) in [5, 5.41) is 3.74. The van der Waals surface area contributed by atoms with Gasteiger partial charge in [-0.3, -0.25) is 4.79 Å². The van der Waals surface area contributed by atoms with Crippen molar-refractivity contribution in [2.45, 2.75) is 13.8 Å². The first-order chi connectivity index (χ1) is 11.1. The van der Waals surface area contributed by atoms with Crippen LogP contribution in [-0.4, -0.2) is 11.3 Å². The number of allylic oxidation sites excluding steroid dienone is 1. The van der Waals surface area contributed by atoms with Gasteiger partial charge in [0.15, 0.2) is 11.9 Å². The van der Waals surface area contributed by atoms with E-state index in [1.54, 1.807) is 24.4 Å². The molecule has 0 aliphatic rings. The molecule has 1 aromatic heterocycles. The topological polar surface area (TPSA) is 55.1 Å². The van der Waals surface area contributed by atoms with Gasteiger partial charge in [-0.25, -0.2) is 4.98 Å². The molecule has 0 unspecified atom stereocenters. The van der Waals surface area contributed by atoms with Crippen LogP contribution in [0.4, 0.5) is 5.69 Å². The van der Waals surface area contributed by atoms with E-state index in [2.05, 4.69) is 10.3 Å². The first-order valence-corrected chi connectivity index (χ1v) is 7.51. The Hall–Kier alpha value is -2.59. The number of halogens is 1. The number of carbonyl (C=O) groups excluding carboxylic acids is 1. The molecule has 5 heteroatoms. The fraction of sp³-hybridized carbons (Fsp3) is 0.111. The van der Waals surface area contributed by atoms with Gasteiger partial charge in [0, 0.05) is 16.9 Å². The summed E-state index contributed by atoms with van der Waals surface area (Å²) >= 11 is 5.94. The maximum absolute atomic E-state index is 11.4. The van der Waals surface area contributed by atoms with Crippen LogP contribution in [0.1, 0.15) is 17.0 Å². The van der Waals surface area contributed by atoms with Crippen LogP contribution in [0.25, 0.3) is 16.7 Å². The lowest BCUT2D eigenvalue weighted by atomic mass is 10.1. The largest absolute Gasteiger partial charge is 0.436 e. The van der Waals surface area contributed by atoms with E-state index >= 15 is 0 Å². The van der Waals surface area contributed by atoms with Crippen molar-refractivity contribution in [3.63, 3.8) is 0 Å². The van der Waals surface area contributed by atoms with E-state index in [0.717, 1.165) is 16.8 Å². The van der Waals surface area contributed by atoms with Crippen molar-refractivity contribution < 1.29 is 9.21 Å². The molecule has 0 aliphatic carbocycles. The summed E-state index contributed by atoms with van der Waals surface area (Å²) in [6.45, 7) is 4.01. The molecule has 0 radical (unpaired) electrons. The molecule has 2 aromatic carbocycles. The Kier molecular flexibility index (Phi) is 4.17. The zero-order valence-electron chi connectivity index (χ0n) is 12.8. The van der Waals surface area contributed by atoms with Crippen LogP contribution >= 0.6 is 11.6 Å². The Labute approximate surface area is 138 Å². The van der Waals surface area contributed by atoms with Gasteiger partial charge in [-0.15, -0.1) is 0 Å². The Morgan fingerprint density at radius 3 is 2.65 bits per heavy atom. The van der Waals surface area contributed by atoms with E-state index in [-0.39, 0.29) is 5.89 Å². The number of aromatic nitrogens is 1. The number of hydrogen-bond donors (Lipinski definition) is 1. The van der Waals surface area contributed by atoms with Gasteiger partial charge < -0.3 is 9.73 Å². The SMILES string of the molecule is Cc1cccc(C)c1N/C=C(/C=O)c1nc2cc(Cl)ccc2o1. The number of anilines is 1. The minimum absolute atomic E-state index is 0.260. The van der Waals surface area contributed by atoms with E-state index in [0.29, 0.717) is 28.0 Å². The predicted octanol–water partition coefficient (Wildman–Crippen LogP) is 4.75. The van der Waals surface area contributed by atoms with Crippen LogP contribution in [0.15, 0.2) is 47.0 Å². The fourth-order valence-electron chi connectivity index (χ4n) is 2.36. The molecule has 0 saturated heterocycles. The third-order valence-corrected chi connectivity index (χ3v) is 3.81. The second-order valence-electron chi connectivity index (χ2n) is 5.26.